The van der Waals surface area contributed by atoms with Crippen LogP contribution in [0.4, 0.5) is 5.82 Å². The number of rotatable bonds is 5. The fourth-order valence-electron chi connectivity index (χ4n) is 2.69. The summed E-state index contributed by atoms with van der Waals surface area (Å²) in [5.41, 5.74) is 7.43. The number of aromatic nitrogens is 2. The second kappa shape index (κ2) is 6.23. The molecule has 0 unspecified atom stereocenters. The van der Waals surface area contributed by atoms with E-state index in [1.807, 2.05) is 0 Å². The Kier molecular flexibility index (Phi) is 4.64. The summed E-state index contributed by atoms with van der Waals surface area (Å²) in [6, 6.07) is 0. The first kappa shape index (κ1) is 13.4. The number of imidazole rings is 1. The third kappa shape index (κ3) is 2.69. The number of nitrogens with two attached hydrogens (primary N) is 1. The summed E-state index contributed by atoms with van der Waals surface area (Å²) in [5, 5.41) is 0. The zero-order valence-corrected chi connectivity index (χ0v) is 11.6. The van der Waals surface area contributed by atoms with Gasteiger partial charge in [0.2, 0.25) is 0 Å². The third-order valence-electron chi connectivity index (χ3n) is 3.64. The number of nitrogens with zero attached hydrogens (tertiary/aromatic N) is 2. The minimum Gasteiger partial charge on any atom is -0.384 e. The van der Waals surface area contributed by atoms with Crippen LogP contribution in [0.2, 0.25) is 0 Å². The quantitative estimate of drug-likeness (QED) is 0.875. The van der Waals surface area contributed by atoms with Gasteiger partial charge in [-0.2, -0.15) is 0 Å². The Morgan fingerprint density at radius 2 is 2.00 bits per heavy atom. The summed E-state index contributed by atoms with van der Waals surface area (Å²) in [4.78, 5) is 4.82. The second-order valence-corrected chi connectivity index (χ2v) is 5.09. The van der Waals surface area contributed by atoms with Crippen LogP contribution in [0.3, 0.4) is 0 Å². The van der Waals surface area contributed by atoms with Crippen LogP contribution in [0.15, 0.2) is 0 Å². The fraction of sp³-hybridized carbons (Fsp3) is 0.786. The van der Waals surface area contributed by atoms with Gasteiger partial charge < -0.3 is 15.0 Å². The zero-order chi connectivity index (χ0) is 13.0. The monoisotopic (exact) mass is 251 g/mol. The van der Waals surface area contributed by atoms with Crippen LogP contribution in [-0.2, 0) is 17.7 Å². The molecule has 0 radical (unpaired) electrons. The molecule has 1 aliphatic heterocycles. The topological polar surface area (TPSA) is 53.1 Å². The van der Waals surface area contributed by atoms with E-state index >= 15 is 0 Å². The van der Waals surface area contributed by atoms with Gasteiger partial charge in [0.1, 0.15) is 11.6 Å². The van der Waals surface area contributed by atoms with Crippen LogP contribution in [0.1, 0.15) is 57.0 Å². The SMILES string of the molecule is CCCc1nc(C2CCOCC2)c(N)n1CCC. The molecule has 0 saturated carbocycles. The van der Waals surface area contributed by atoms with Gasteiger partial charge in [0.25, 0.3) is 0 Å². The van der Waals surface area contributed by atoms with E-state index in [0.29, 0.717) is 5.92 Å². The molecule has 1 aromatic rings. The summed E-state index contributed by atoms with van der Waals surface area (Å²) in [6.07, 6.45) is 5.35. The highest BCUT2D eigenvalue weighted by molar-refractivity contribution is 5.41. The molecule has 4 nitrogen and oxygen atoms in total. The lowest BCUT2D eigenvalue weighted by Crippen LogP contribution is -2.16. The molecule has 1 saturated heterocycles. The molecule has 1 aromatic heterocycles. The molecular formula is C14H25N3O. The van der Waals surface area contributed by atoms with E-state index in [4.69, 9.17) is 15.5 Å². The molecule has 2 rings (SSSR count). The van der Waals surface area contributed by atoms with E-state index in [-0.39, 0.29) is 0 Å². The highest BCUT2D eigenvalue weighted by Crippen LogP contribution is 2.31. The Labute approximate surface area is 110 Å². The molecule has 0 bridgehead atoms. The first-order chi connectivity index (χ1) is 8.77. The number of ether oxygens (including phenoxy) is 1. The summed E-state index contributed by atoms with van der Waals surface area (Å²) < 4.78 is 7.63. The fourth-order valence-corrected chi connectivity index (χ4v) is 2.69. The second-order valence-electron chi connectivity index (χ2n) is 5.09. The molecule has 1 fully saturated rings. The van der Waals surface area contributed by atoms with Crippen molar-refractivity contribution in [1.29, 1.82) is 0 Å². The average Bonchev–Trinajstić information content (AvgIpc) is 2.70. The normalized spacial score (nSPS) is 17.2. The first-order valence-corrected chi connectivity index (χ1v) is 7.20. The molecule has 0 spiro atoms. The first-order valence-electron chi connectivity index (χ1n) is 7.20. The molecule has 0 aromatic carbocycles. The molecule has 18 heavy (non-hydrogen) atoms. The Morgan fingerprint density at radius 1 is 1.28 bits per heavy atom. The molecule has 2 heterocycles. The van der Waals surface area contributed by atoms with Gasteiger partial charge in [-0.05, 0) is 25.7 Å². The van der Waals surface area contributed by atoms with E-state index in [1.165, 1.54) is 5.82 Å². The Hall–Kier alpha value is -1.03. The Morgan fingerprint density at radius 3 is 2.61 bits per heavy atom. The van der Waals surface area contributed by atoms with E-state index in [2.05, 4.69) is 18.4 Å². The molecule has 0 atom stereocenters. The average molecular weight is 251 g/mol. The van der Waals surface area contributed by atoms with E-state index in [1.54, 1.807) is 0 Å². The lowest BCUT2D eigenvalue weighted by Gasteiger charge is -2.20. The summed E-state index contributed by atoms with van der Waals surface area (Å²) >= 11 is 0. The van der Waals surface area contributed by atoms with Crippen LogP contribution in [0, 0.1) is 0 Å². The largest absolute Gasteiger partial charge is 0.384 e. The minimum absolute atomic E-state index is 0.493. The number of hydrogen-bond acceptors (Lipinski definition) is 3. The molecule has 1 aliphatic rings. The predicted molar refractivity (Wildman–Crippen MR) is 73.7 cm³/mol. The van der Waals surface area contributed by atoms with Crippen LogP contribution in [0.25, 0.3) is 0 Å². The maximum absolute atomic E-state index is 6.31. The van der Waals surface area contributed by atoms with Gasteiger partial charge >= 0.3 is 0 Å². The highest BCUT2D eigenvalue weighted by Gasteiger charge is 2.23. The molecule has 0 aliphatic carbocycles. The van der Waals surface area contributed by atoms with Crippen LogP contribution < -0.4 is 5.73 Å². The molecule has 102 valence electrons. The summed E-state index contributed by atoms with van der Waals surface area (Å²) in [5.74, 6) is 2.55. The van der Waals surface area contributed by atoms with Crippen molar-refractivity contribution in [3.63, 3.8) is 0 Å². The maximum Gasteiger partial charge on any atom is 0.127 e. The van der Waals surface area contributed by atoms with Gasteiger partial charge in [0.05, 0.1) is 5.69 Å². The van der Waals surface area contributed by atoms with Crippen molar-refractivity contribution in [2.75, 3.05) is 18.9 Å². The van der Waals surface area contributed by atoms with E-state index < -0.39 is 0 Å². The minimum atomic E-state index is 0.493. The maximum atomic E-state index is 6.31. The lowest BCUT2D eigenvalue weighted by molar-refractivity contribution is 0.0847. The molecule has 4 heteroatoms. The third-order valence-corrected chi connectivity index (χ3v) is 3.64. The van der Waals surface area contributed by atoms with Crippen molar-refractivity contribution >= 4 is 5.82 Å². The van der Waals surface area contributed by atoms with Gasteiger partial charge in [-0.25, -0.2) is 4.98 Å². The van der Waals surface area contributed by atoms with Gasteiger partial charge in [-0.15, -0.1) is 0 Å². The Bertz CT molecular complexity index is 381. The van der Waals surface area contributed by atoms with Gasteiger partial charge in [-0.3, -0.25) is 0 Å². The predicted octanol–water partition coefficient (Wildman–Crippen LogP) is 2.72. The van der Waals surface area contributed by atoms with E-state index in [0.717, 1.165) is 63.4 Å². The van der Waals surface area contributed by atoms with Gasteiger partial charge in [-0.1, -0.05) is 13.8 Å². The zero-order valence-electron chi connectivity index (χ0n) is 11.6. The van der Waals surface area contributed by atoms with Crippen molar-refractivity contribution in [1.82, 2.24) is 9.55 Å². The Balaban J connectivity index is 2.26. The van der Waals surface area contributed by atoms with Crippen LogP contribution in [0.5, 0.6) is 0 Å². The van der Waals surface area contributed by atoms with Crippen molar-refractivity contribution in [2.24, 2.45) is 0 Å². The van der Waals surface area contributed by atoms with Gasteiger partial charge in [0, 0.05) is 32.1 Å². The summed E-state index contributed by atoms with van der Waals surface area (Å²) in [6.45, 7) is 7.04. The van der Waals surface area contributed by atoms with Crippen molar-refractivity contribution in [2.45, 2.75) is 58.4 Å². The van der Waals surface area contributed by atoms with E-state index in [9.17, 15) is 0 Å². The standard InChI is InChI=1S/C14H25N3O/c1-3-5-12-16-13(11-6-9-18-10-7-11)14(15)17(12)8-4-2/h11H,3-10,15H2,1-2H3. The summed E-state index contributed by atoms with van der Waals surface area (Å²) in [7, 11) is 0. The van der Waals surface area contributed by atoms with Crippen LogP contribution >= 0.6 is 0 Å². The van der Waals surface area contributed by atoms with Crippen molar-refractivity contribution in [3.8, 4) is 0 Å². The molecule has 0 amide bonds. The highest BCUT2D eigenvalue weighted by atomic mass is 16.5. The lowest BCUT2D eigenvalue weighted by atomic mass is 9.96. The molecule has 2 N–H and O–H groups in total. The smallest absolute Gasteiger partial charge is 0.127 e. The number of aryl methyl sites for hydroxylation is 1. The van der Waals surface area contributed by atoms with Gasteiger partial charge in [0.15, 0.2) is 0 Å². The van der Waals surface area contributed by atoms with Crippen molar-refractivity contribution < 1.29 is 4.74 Å². The van der Waals surface area contributed by atoms with Crippen molar-refractivity contribution in [3.05, 3.63) is 11.5 Å². The number of nitrogen functional groups attached to an aromatic ring is 1. The van der Waals surface area contributed by atoms with Crippen LogP contribution in [-0.4, -0.2) is 22.8 Å². The number of hydrogen-bond donors (Lipinski definition) is 1. The number of anilines is 1. The molecular weight excluding hydrogens is 226 g/mol.